The SMILES string of the molecule is COc1ccc(C(C(=O)NC2CCCCC2)N(C(=O)c2ccco2)c2ccc3c(c2)OCO3)cc1. The Morgan fingerprint density at radius 1 is 1.00 bits per heavy atom. The van der Waals surface area contributed by atoms with Gasteiger partial charge in [0.15, 0.2) is 17.3 Å². The van der Waals surface area contributed by atoms with Crippen molar-refractivity contribution in [3.8, 4) is 17.2 Å². The van der Waals surface area contributed by atoms with Crippen molar-refractivity contribution < 1.29 is 28.2 Å². The van der Waals surface area contributed by atoms with E-state index in [0.29, 0.717) is 28.5 Å². The van der Waals surface area contributed by atoms with Crippen LogP contribution in [0.1, 0.15) is 54.3 Å². The molecule has 1 unspecified atom stereocenters. The summed E-state index contributed by atoms with van der Waals surface area (Å²) in [6, 6.07) is 14.8. The number of benzene rings is 2. The number of methoxy groups -OCH3 is 1. The fourth-order valence-electron chi connectivity index (χ4n) is 4.67. The van der Waals surface area contributed by atoms with Crippen LogP contribution in [0.5, 0.6) is 17.2 Å². The molecule has 5 rings (SSSR count). The maximum absolute atomic E-state index is 13.9. The Balaban J connectivity index is 1.58. The zero-order valence-electron chi connectivity index (χ0n) is 19.6. The fourth-order valence-corrected chi connectivity index (χ4v) is 4.67. The van der Waals surface area contributed by atoms with Crippen molar-refractivity contribution in [1.29, 1.82) is 0 Å². The number of hydrogen-bond acceptors (Lipinski definition) is 6. The second kappa shape index (κ2) is 10.1. The molecule has 1 aliphatic heterocycles. The maximum Gasteiger partial charge on any atom is 0.294 e. The van der Waals surface area contributed by atoms with Crippen LogP contribution in [0.4, 0.5) is 5.69 Å². The molecule has 0 radical (unpaired) electrons. The van der Waals surface area contributed by atoms with E-state index in [2.05, 4.69) is 5.32 Å². The fraction of sp³-hybridized carbons (Fsp3) is 0.333. The lowest BCUT2D eigenvalue weighted by molar-refractivity contribution is -0.123. The summed E-state index contributed by atoms with van der Waals surface area (Å²) in [7, 11) is 1.58. The second-order valence-electron chi connectivity index (χ2n) is 8.71. The largest absolute Gasteiger partial charge is 0.497 e. The number of furan rings is 1. The molecule has 1 aromatic heterocycles. The molecule has 2 amide bonds. The summed E-state index contributed by atoms with van der Waals surface area (Å²) in [5, 5.41) is 3.20. The van der Waals surface area contributed by atoms with Crippen molar-refractivity contribution in [2.24, 2.45) is 0 Å². The zero-order valence-corrected chi connectivity index (χ0v) is 19.6. The summed E-state index contributed by atoms with van der Waals surface area (Å²) in [4.78, 5) is 29.1. The van der Waals surface area contributed by atoms with E-state index in [1.807, 2.05) is 0 Å². The van der Waals surface area contributed by atoms with E-state index in [1.54, 1.807) is 61.7 Å². The van der Waals surface area contributed by atoms with Gasteiger partial charge in [-0.05, 0) is 54.8 Å². The molecule has 8 heteroatoms. The Kier molecular flexibility index (Phi) is 6.61. The van der Waals surface area contributed by atoms with E-state index in [4.69, 9.17) is 18.6 Å². The third-order valence-electron chi connectivity index (χ3n) is 6.47. The summed E-state index contributed by atoms with van der Waals surface area (Å²) in [6.45, 7) is 0.106. The summed E-state index contributed by atoms with van der Waals surface area (Å²) < 4.78 is 21.8. The van der Waals surface area contributed by atoms with Gasteiger partial charge in [0.25, 0.3) is 5.91 Å². The number of amides is 2. The van der Waals surface area contributed by atoms with Crippen LogP contribution >= 0.6 is 0 Å². The van der Waals surface area contributed by atoms with Gasteiger partial charge in [0.05, 0.1) is 13.4 Å². The highest BCUT2D eigenvalue weighted by molar-refractivity contribution is 6.08. The highest BCUT2D eigenvalue weighted by Crippen LogP contribution is 2.39. The highest BCUT2D eigenvalue weighted by atomic mass is 16.7. The van der Waals surface area contributed by atoms with Crippen LogP contribution < -0.4 is 24.4 Å². The average molecular weight is 477 g/mol. The smallest absolute Gasteiger partial charge is 0.294 e. The van der Waals surface area contributed by atoms with Gasteiger partial charge < -0.3 is 23.9 Å². The molecule has 35 heavy (non-hydrogen) atoms. The number of nitrogens with zero attached hydrogens (tertiary/aromatic N) is 1. The number of anilines is 1. The van der Waals surface area contributed by atoms with Gasteiger partial charge in [-0.3, -0.25) is 14.5 Å². The van der Waals surface area contributed by atoms with Crippen LogP contribution in [0.2, 0.25) is 0 Å². The minimum atomic E-state index is -0.944. The molecule has 0 bridgehead atoms. The van der Waals surface area contributed by atoms with Crippen molar-refractivity contribution in [3.63, 3.8) is 0 Å². The molecule has 182 valence electrons. The number of ether oxygens (including phenoxy) is 3. The summed E-state index contributed by atoms with van der Waals surface area (Å²) in [5.74, 6) is 1.21. The number of nitrogens with one attached hydrogen (secondary N) is 1. The van der Waals surface area contributed by atoms with Gasteiger partial charge in [-0.2, -0.15) is 0 Å². The van der Waals surface area contributed by atoms with Gasteiger partial charge in [0.2, 0.25) is 12.7 Å². The van der Waals surface area contributed by atoms with Gasteiger partial charge >= 0.3 is 0 Å². The molecular weight excluding hydrogens is 448 g/mol. The van der Waals surface area contributed by atoms with Gasteiger partial charge in [-0.1, -0.05) is 31.4 Å². The average Bonchev–Trinajstić information content (AvgIpc) is 3.59. The highest BCUT2D eigenvalue weighted by Gasteiger charge is 2.36. The van der Waals surface area contributed by atoms with Crippen LogP contribution in [0.3, 0.4) is 0 Å². The van der Waals surface area contributed by atoms with Crippen molar-refractivity contribution in [3.05, 3.63) is 72.2 Å². The molecule has 2 aliphatic rings. The molecule has 3 aromatic rings. The number of fused-ring (bicyclic) bond motifs is 1. The first kappa shape index (κ1) is 22.8. The zero-order chi connectivity index (χ0) is 24.2. The molecule has 0 spiro atoms. The van der Waals surface area contributed by atoms with Crippen LogP contribution in [0.25, 0.3) is 0 Å². The first-order valence-electron chi connectivity index (χ1n) is 11.8. The van der Waals surface area contributed by atoms with Gasteiger partial charge in [-0.25, -0.2) is 0 Å². The summed E-state index contributed by atoms with van der Waals surface area (Å²) >= 11 is 0. The molecule has 1 aliphatic carbocycles. The minimum Gasteiger partial charge on any atom is -0.497 e. The Labute approximate surface area is 203 Å². The van der Waals surface area contributed by atoms with E-state index in [0.717, 1.165) is 25.7 Å². The third kappa shape index (κ3) is 4.82. The van der Waals surface area contributed by atoms with Crippen molar-refractivity contribution in [2.75, 3.05) is 18.8 Å². The molecule has 0 saturated heterocycles. The monoisotopic (exact) mass is 476 g/mol. The number of carbonyl (C=O) groups excluding carboxylic acids is 2. The number of rotatable bonds is 7. The Morgan fingerprint density at radius 3 is 2.49 bits per heavy atom. The van der Waals surface area contributed by atoms with E-state index in [1.165, 1.54) is 17.6 Å². The molecule has 2 heterocycles. The predicted molar refractivity (Wildman–Crippen MR) is 129 cm³/mol. The standard InChI is InChI=1S/C27H28N2O6/c1-32-21-12-9-18(10-13-21)25(26(30)28-19-6-3-2-4-7-19)29(27(31)23-8-5-15-33-23)20-11-14-22-24(16-20)35-17-34-22/h5,8-16,19,25H,2-4,6-7,17H2,1H3,(H,28,30). The number of carbonyl (C=O) groups is 2. The van der Waals surface area contributed by atoms with Crippen LogP contribution in [-0.2, 0) is 4.79 Å². The van der Waals surface area contributed by atoms with Gasteiger partial charge in [0.1, 0.15) is 11.8 Å². The third-order valence-corrected chi connectivity index (χ3v) is 6.47. The summed E-state index contributed by atoms with van der Waals surface area (Å²) in [6.07, 6.45) is 6.63. The number of hydrogen-bond donors (Lipinski definition) is 1. The Hall–Kier alpha value is -3.94. The van der Waals surface area contributed by atoms with Crippen LogP contribution in [-0.4, -0.2) is 31.8 Å². The molecule has 1 saturated carbocycles. The molecule has 2 aromatic carbocycles. The first-order chi connectivity index (χ1) is 17.1. The molecule has 1 atom stereocenters. The van der Waals surface area contributed by atoms with Gasteiger partial charge in [-0.15, -0.1) is 0 Å². The van der Waals surface area contributed by atoms with Crippen molar-refractivity contribution in [2.45, 2.75) is 44.2 Å². The van der Waals surface area contributed by atoms with Crippen LogP contribution in [0.15, 0.2) is 65.3 Å². The Morgan fingerprint density at radius 2 is 1.77 bits per heavy atom. The van der Waals surface area contributed by atoms with E-state index < -0.39 is 11.9 Å². The molecule has 8 nitrogen and oxygen atoms in total. The van der Waals surface area contributed by atoms with E-state index >= 15 is 0 Å². The summed E-state index contributed by atoms with van der Waals surface area (Å²) in [5.41, 5.74) is 1.15. The topological polar surface area (TPSA) is 90.2 Å². The van der Waals surface area contributed by atoms with Crippen molar-refractivity contribution in [1.82, 2.24) is 5.32 Å². The minimum absolute atomic E-state index is 0.0781. The lowest BCUT2D eigenvalue weighted by atomic mass is 9.94. The van der Waals surface area contributed by atoms with Gasteiger partial charge in [0, 0.05) is 17.8 Å². The van der Waals surface area contributed by atoms with E-state index in [9.17, 15) is 9.59 Å². The lowest BCUT2D eigenvalue weighted by Gasteiger charge is -2.33. The van der Waals surface area contributed by atoms with E-state index in [-0.39, 0.29) is 24.5 Å². The lowest BCUT2D eigenvalue weighted by Crippen LogP contribution is -2.47. The molecular formula is C27H28N2O6. The normalized spacial score (nSPS) is 15.9. The van der Waals surface area contributed by atoms with Crippen molar-refractivity contribution >= 4 is 17.5 Å². The molecule has 1 fully saturated rings. The first-order valence-corrected chi connectivity index (χ1v) is 11.8. The van der Waals surface area contributed by atoms with Crippen LogP contribution in [0, 0.1) is 0 Å². The Bertz CT molecular complexity index is 1170. The molecule has 1 N–H and O–H groups in total. The second-order valence-corrected chi connectivity index (χ2v) is 8.71. The predicted octanol–water partition coefficient (Wildman–Crippen LogP) is 4.85. The maximum atomic E-state index is 13.9. The quantitative estimate of drug-likeness (QED) is 0.524.